The molecule has 7 heteroatoms. The Labute approximate surface area is 210 Å². The van der Waals surface area contributed by atoms with Crippen molar-refractivity contribution in [3.05, 3.63) is 83.4 Å². The molecule has 0 bridgehead atoms. The Balaban J connectivity index is 1.45. The van der Waals surface area contributed by atoms with Crippen LogP contribution in [0.25, 0.3) is 11.1 Å². The van der Waals surface area contributed by atoms with E-state index in [9.17, 15) is 9.90 Å². The van der Waals surface area contributed by atoms with Crippen molar-refractivity contribution in [2.75, 3.05) is 19.8 Å². The maximum absolute atomic E-state index is 11.2. The summed E-state index contributed by atoms with van der Waals surface area (Å²) < 4.78 is 17.4. The predicted octanol–water partition coefficient (Wildman–Crippen LogP) is 4.70. The lowest BCUT2D eigenvalue weighted by atomic mass is 9.96. The van der Waals surface area contributed by atoms with Gasteiger partial charge in [0.25, 0.3) is 0 Å². The standard InChI is InChI=1S/C29H32O7/c1-2-34-28(16-29(32)33)20-8-12-23(13-9-20)36-27-15-14-25-24(4-3-5-26(25)27)19-6-10-22(11-7-19)35-18-21(31)17-30/h3-13,21,27-28,30-31H,2,14-18H2,1H3,(H,32,33)/t21?,27-,28+/m1/s1. The van der Waals surface area contributed by atoms with Crippen LogP contribution in [0.1, 0.15) is 48.7 Å². The number of hydrogen-bond acceptors (Lipinski definition) is 6. The van der Waals surface area contributed by atoms with Gasteiger partial charge >= 0.3 is 5.97 Å². The van der Waals surface area contributed by atoms with E-state index in [4.69, 9.17) is 24.4 Å². The summed E-state index contributed by atoms with van der Waals surface area (Å²) >= 11 is 0. The van der Waals surface area contributed by atoms with Crippen LogP contribution in [0.2, 0.25) is 0 Å². The highest BCUT2D eigenvalue weighted by Crippen LogP contribution is 2.40. The fourth-order valence-electron chi connectivity index (χ4n) is 4.54. The second kappa shape index (κ2) is 12.0. The van der Waals surface area contributed by atoms with Crippen LogP contribution in [0, 0.1) is 0 Å². The number of carboxylic acids is 1. The zero-order chi connectivity index (χ0) is 25.5. The topological polar surface area (TPSA) is 105 Å². The summed E-state index contributed by atoms with van der Waals surface area (Å²) in [6.45, 7) is 2.01. The smallest absolute Gasteiger partial charge is 0.306 e. The number of hydrogen-bond donors (Lipinski definition) is 3. The van der Waals surface area contributed by atoms with Crippen LogP contribution < -0.4 is 9.47 Å². The molecule has 0 saturated carbocycles. The molecular formula is C29H32O7. The predicted molar refractivity (Wildman–Crippen MR) is 135 cm³/mol. The monoisotopic (exact) mass is 492 g/mol. The number of carboxylic acid groups (broad SMARTS) is 1. The second-order valence-corrected chi connectivity index (χ2v) is 8.80. The van der Waals surface area contributed by atoms with Crippen LogP contribution >= 0.6 is 0 Å². The molecule has 0 fully saturated rings. The minimum Gasteiger partial charge on any atom is -0.491 e. The third kappa shape index (κ3) is 6.23. The molecule has 3 aromatic rings. The minimum atomic E-state index is -0.897. The van der Waals surface area contributed by atoms with Crippen molar-refractivity contribution in [3.8, 4) is 22.6 Å². The fourth-order valence-corrected chi connectivity index (χ4v) is 4.54. The lowest BCUT2D eigenvalue weighted by molar-refractivity contribution is -0.140. The zero-order valence-electron chi connectivity index (χ0n) is 20.3. The number of ether oxygens (including phenoxy) is 3. The normalized spacial score (nSPS) is 16.2. The largest absolute Gasteiger partial charge is 0.491 e. The first-order valence-electron chi connectivity index (χ1n) is 12.2. The quantitative estimate of drug-likeness (QED) is 0.336. The van der Waals surface area contributed by atoms with E-state index in [1.807, 2.05) is 61.5 Å². The summed E-state index contributed by atoms with van der Waals surface area (Å²) in [4.78, 5) is 11.2. The number of carbonyl (C=O) groups is 1. The molecule has 190 valence electrons. The third-order valence-electron chi connectivity index (χ3n) is 6.29. The van der Waals surface area contributed by atoms with Gasteiger partial charge in [-0.2, -0.15) is 0 Å². The molecule has 1 unspecified atom stereocenters. The Bertz CT molecular complexity index is 1140. The molecule has 3 atom stereocenters. The molecule has 0 heterocycles. The summed E-state index contributed by atoms with van der Waals surface area (Å²) in [5, 5.41) is 27.5. The highest BCUT2D eigenvalue weighted by atomic mass is 16.5. The van der Waals surface area contributed by atoms with Gasteiger partial charge in [0.1, 0.15) is 30.3 Å². The Morgan fingerprint density at radius 2 is 1.75 bits per heavy atom. The molecule has 7 nitrogen and oxygen atoms in total. The SMILES string of the molecule is CCO[C@@H](CC(=O)O)c1ccc(O[C@@H]2CCc3c(-c4ccc(OCC(O)CO)cc4)cccc32)cc1. The number of aliphatic hydroxyl groups excluding tert-OH is 2. The molecule has 3 aromatic carbocycles. The molecule has 1 aliphatic carbocycles. The summed E-state index contributed by atoms with van der Waals surface area (Å²) in [5.41, 5.74) is 5.48. The van der Waals surface area contributed by atoms with Crippen LogP contribution in [-0.4, -0.2) is 47.2 Å². The molecule has 0 aliphatic heterocycles. The first kappa shape index (κ1) is 25.7. The average Bonchev–Trinajstić information content (AvgIpc) is 3.30. The van der Waals surface area contributed by atoms with Gasteiger partial charge in [-0.3, -0.25) is 4.79 Å². The van der Waals surface area contributed by atoms with Gasteiger partial charge < -0.3 is 29.5 Å². The molecule has 0 radical (unpaired) electrons. The Hall–Kier alpha value is -3.39. The van der Waals surface area contributed by atoms with E-state index in [1.54, 1.807) is 0 Å². The van der Waals surface area contributed by atoms with Gasteiger partial charge in [0.15, 0.2) is 0 Å². The minimum absolute atomic E-state index is 0.0441. The summed E-state index contributed by atoms with van der Waals surface area (Å²) in [6.07, 6.45) is 0.258. The summed E-state index contributed by atoms with van der Waals surface area (Å²) in [5.74, 6) is 0.479. The van der Waals surface area contributed by atoms with Crippen LogP contribution in [0.15, 0.2) is 66.7 Å². The van der Waals surface area contributed by atoms with E-state index < -0.39 is 18.2 Å². The van der Waals surface area contributed by atoms with Crippen molar-refractivity contribution < 1.29 is 34.3 Å². The van der Waals surface area contributed by atoms with Crippen molar-refractivity contribution >= 4 is 5.97 Å². The van der Waals surface area contributed by atoms with Crippen LogP contribution in [0.4, 0.5) is 0 Å². The summed E-state index contributed by atoms with van der Waals surface area (Å²) in [7, 11) is 0. The third-order valence-corrected chi connectivity index (χ3v) is 6.29. The van der Waals surface area contributed by atoms with Gasteiger partial charge in [0.05, 0.1) is 19.1 Å². The van der Waals surface area contributed by atoms with Crippen molar-refractivity contribution in [2.24, 2.45) is 0 Å². The molecule has 36 heavy (non-hydrogen) atoms. The first-order valence-corrected chi connectivity index (χ1v) is 12.2. The fraction of sp³-hybridized carbons (Fsp3) is 0.345. The number of rotatable bonds is 12. The van der Waals surface area contributed by atoms with Crippen molar-refractivity contribution in [1.29, 1.82) is 0 Å². The molecule has 0 aromatic heterocycles. The molecule has 3 N–H and O–H groups in total. The van der Waals surface area contributed by atoms with Gasteiger partial charge in [-0.1, -0.05) is 42.5 Å². The maximum atomic E-state index is 11.2. The van der Waals surface area contributed by atoms with E-state index in [2.05, 4.69) is 12.1 Å². The molecular weight excluding hydrogens is 460 g/mol. The maximum Gasteiger partial charge on any atom is 0.306 e. The van der Waals surface area contributed by atoms with Gasteiger partial charge in [0, 0.05) is 6.61 Å². The van der Waals surface area contributed by atoms with Crippen LogP contribution in [0.5, 0.6) is 11.5 Å². The van der Waals surface area contributed by atoms with E-state index in [0.29, 0.717) is 12.4 Å². The second-order valence-electron chi connectivity index (χ2n) is 8.80. The first-order chi connectivity index (χ1) is 17.5. The highest BCUT2D eigenvalue weighted by molar-refractivity contribution is 5.70. The lowest BCUT2D eigenvalue weighted by Crippen LogP contribution is -2.21. The van der Waals surface area contributed by atoms with Crippen molar-refractivity contribution in [1.82, 2.24) is 0 Å². The van der Waals surface area contributed by atoms with Crippen LogP contribution in [-0.2, 0) is 16.0 Å². The average molecular weight is 493 g/mol. The lowest BCUT2D eigenvalue weighted by Gasteiger charge is -2.18. The van der Waals surface area contributed by atoms with E-state index in [-0.39, 0.29) is 25.7 Å². The molecule has 1 aliphatic rings. The molecule has 0 amide bonds. The van der Waals surface area contributed by atoms with E-state index in [0.717, 1.165) is 35.3 Å². The van der Waals surface area contributed by atoms with E-state index in [1.165, 1.54) is 11.1 Å². The number of fused-ring (bicyclic) bond motifs is 1. The van der Waals surface area contributed by atoms with E-state index >= 15 is 0 Å². The Kier molecular flexibility index (Phi) is 8.59. The Morgan fingerprint density at radius 1 is 1.03 bits per heavy atom. The van der Waals surface area contributed by atoms with Gasteiger partial charge in [-0.15, -0.1) is 0 Å². The van der Waals surface area contributed by atoms with Crippen LogP contribution in [0.3, 0.4) is 0 Å². The number of aliphatic carboxylic acids is 1. The molecule has 4 rings (SSSR count). The van der Waals surface area contributed by atoms with Crippen molar-refractivity contribution in [3.63, 3.8) is 0 Å². The number of aliphatic hydroxyl groups is 2. The van der Waals surface area contributed by atoms with Gasteiger partial charge in [-0.25, -0.2) is 0 Å². The van der Waals surface area contributed by atoms with Crippen molar-refractivity contribution in [2.45, 2.75) is 44.5 Å². The van der Waals surface area contributed by atoms with Gasteiger partial charge in [-0.05, 0) is 71.8 Å². The molecule has 0 spiro atoms. The Morgan fingerprint density at radius 3 is 2.42 bits per heavy atom. The highest BCUT2D eigenvalue weighted by Gasteiger charge is 2.26. The number of benzene rings is 3. The summed E-state index contributed by atoms with van der Waals surface area (Å²) in [6, 6.07) is 21.5. The molecule has 0 saturated heterocycles. The zero-order valence-corrected chi connectivity index (χ0v) is 20.3. The van der Waals surface area contributed by atoms with Gasteiger partial charge in [0.2, 0.25) is 0 Å².